The van der Waals surface area contributed by atoms with Gasteiger partial charge < -0.3 is 12.4 Å². The average Bonchev–Trinajstić information content (AvgIpc) is 2.93. The third kappa shape index (κ3) is 4.09. The Labute approximate surface area is 159 Å². The number of halogens is 1. The van der Waals surface area contributed by atoms with Crippen molar-refractivity contribution in [2.24, 2.45) is 20.5 Å². The van der Waals surface area contributed by atoms with Gasteiger partial charge in [0.1, 0.15) is 11.4 Å². The third-order valence-corrected chi connectivity index (χ3v) is 3.94. The summed E-state index contributed by atoms with van der Waals surface area (Å²) in [6.45, 7) is 1.96. The molecule has 26 heavy (non-hydrogen) atoms. The van der Waals surface area contributed by atoms with E-state index in [-0.39, 0.29) is 18.1 Å². The molecule has 3 rings (SSSR count). The van der Waals surface area contributed by atoms with Crippen LogP contribution in [-0.4, -0.2) is 27.1 Å². The Balaban J connectivity index is 0.00000243. The number of benzene rings is 2. The molecule has 7 heteroatoms. The van der Waals surface area contributed by atoms with Gasteiger partial charge in [-0.05, 0) is 24.6 Å². The lowest BCUT2D eigenvalue weighted by atomic mass is 10.1. The molecule has 0 unspecified atom stereocenters. The molecule has 0 fully saturated rings. The lowest BCUT2D eigenvalue weighted by molar-refractivity contribution is -0.114. The molecular formula is C19H20ClN5O. The van der Waals surface area contributed by atoms with Gasteiger partial charge in [-0.3, -0.25) is 9.28 Å². The molecule has 0 saturated heterocycles. The predicted molar refractivity (Wildman–Crippen MR) is 98.5 cm³/mol. The van der Waals surface area contributed by atoms with Crippen molar-refractivity contribution < 1.29 is 17.2 Å². The first-order valence-corrected chi connectivity index (χ1v) is 7.96. The minimum absolute atomic E-state index is 0. The SMILES string of the molecule is Cc1ccccc1C1=C(/N=N/c2cccc([N+](C)(C)C)c2)C(=O)N=N1.[Cl-]. The first-order chi connectivity index (χ1) is 11.9. The smallest absolute Gasteiger partial charge is 0.318 e. The van der Waals surface area contributed by atoms with Gasteiger partial charge in [0.05, 0.1) is 26.8 Å². The van der Waals surface area contributed by atoms with Gasteiger partial charge in [0.25, 0.3) is 0 Å². The first-order valence-electron chi connectivity index (χ1n) is 7.96. The molecule has 0 atom stereocenters. The third-order valence-electron chi connectivity index (χ3n) is 3.94. The molecule has 2 aromatic carbocycles. The van der Waals surface area contributed by atoms with Crippen LogP contribution in [0.25, 0.3) is 5.70 Å². The summed E-state index contributed by atoms with van der Waals surface area (Å²) in [5, 5.41) is 16.0. The normalized spacial score (nSPS) is 14.2. The molecule has 0 aliphatic carbocycles. The second-order valence-electron chi connectivity index (χ2n) is 6.75. The van der Waals surface area contributed by atoms with Gasteiger partial charge in [-0.25, -0.2) is 0 Å². The molecular weight excluding hydrogens is 350 g/mol. The van der Waals surface area contributed by atoms with Crippen molar-refractivity contribution >= 4 is 23.0 Å². The van der Waals surface area contributed by atoms with Crippen molar-refractivity contribution in [1.82, 2.24) is 4.48 Å². The van der Waals surface area contributed by atoms with Crippen molar-refractivity contribution in [3.63, 3.8) is 0 Å². The molecule has 0 saturated carbocycles. The standard InChI is InChI=1S/C19H20N5O.ClH/c1-13-8-5-6-11-16(13)17-18(19(25)23-21-17)22-20-14-9-7-10-15(12-14)24(2,3)4;/h5-12H,1-4H3;1H/q+1;/p-1/b22-20+;. The molecule has 0 radical (unpaired) electrons. The largest absolute Gasteiger partial charge is 1.00 e. The maximum atomic E-state index is 12.0. The molecule has 2 aromatic rings. The van der Waals surface area contributed by atoms with Crippen LogP contribution < -0.4 is 16.9 Å². The monoisotopic (exact) mass is 369 g/mol. The lowest BCUT2D eigenvalue weighted by Gasteiger charge is -2.23. The molecule has 1 heterocycles. The highest BCUT2D eigenvalue weighted by Gasteiger charge is 2.24. The van der Waals surface area contributed by atoms with Gasteiger partial charge in [-0.15, -0.1) is 15.3 Å². The number of aryl methyl sites for hydroxylation is 1. The molecule has 0 aromatic heterocycles. The van der Waals surface area contributed by atoms with Gasteiger partial charge in [-0.2, -0.15) is 5.11 Å². The first kappa shape index (κ1) is 19.6. The van der Waals surface area contributed by atoms with E-state index in [0.717, 1.165) is 16.8 Å². The fourth-order valence-corrected chi connectivity index (χ4v) is 2.48. The van der Waals surface area contributed by atoms with Gasteiger partial charge in [0, 0.05) is 11.6 Å². The molecule has 0 spiro atoms. The van der Waals surface area contributed by atoms with Gasteiger partial charge in [0.2, 0.25) is 0 Å². The fourth-order valence-electron chi connectivity index (χ4n) is 2.48. The number of rotatable bonds is 4. The van der Waals surface area contributed by atoms with E-state index in [1.54, 1.807) is 0 Å². The van der Waals surface area contributed by atoms with Crippen LogP contribution in [0.2, 0.25) is 0 Å². The number of azo groups is 2. The van der Waals surface area contributed by atoms with Crippen LogP contribution in [0.4, 0.5) is 11.4 Å². The van der Waals surface area contributed by atoms with Crippen molar-refractivity contribution in [2.75, 3.05) is 21.1 Å². The summed E-state index contributed by atoms with van der Waals surface area (Å²) in [5.41, 5.74) is 4.26. The zero-order valence-corrected chi connectivity index (χ0v) is 15.9. The molecule has 1 aliphatic rings. The highest BCUT2D eigenvalue weighted by Crippen LogP contribution is 2.31. The van der Waals surface area contributed by atoms with Crippen molar-refractivity contribution in [3.8, 4) is 0 Å². The fraction of sp³-hybridized carbons (Fsp3) is 0.211. The highest BCUT2D eigenvalue weighted by atomic mass is 35.5. The number of nitrogens with zero attached hydrogens (tertiary/aromatic N) is 5. The van der Waals surface area contributed by atoms with Crippen LogP contribution in [0, 0.1) is 6.92 Å². The Kier molecular flexibility index (Phi) is 5.79. The number of amides is 1. The van der Waals surface area contributed by atoms with Gasteiger partial charge in [-0.1, -0.05) is 30.3 Å². The summed E-state index contributed by atoms with van der Waals surface area (Å²) in [7, 11) is 6.23. The van der Waals surface area contributed by atoms with Crippen LogP contribution in [0.5, 0.6) is 0 Å². The van der Waals surface area contributed by atoms with E-state index in [2.05, 4.69) is 41.6 Å². The maximum absolute atomic E-state index is 12.0. The molecule has 0 N–H and O–H groups in total. The summed E-state index contributed by atoms with van der Waals surface area (Å²) in [4.78, 5) is 12.0. The summed E-state index contributed by atoms with van der Waals surface area (Å²) in [6, 6.07) is 15.4. The number of hydrogen-bond donors (Lipinski definition) is 0. The molecule has 1 aliphatic heterocycles. The lowest BCUT2D eigenvalue weighted by Crippen LogP contribution is -3.00. The van der Waals surface area contributed by atoms with E-state index < -0.39 is 5.91 Å². The van der Waals surface area contributed by atoms with E-state index in [0.29, 0.717) is 15.9 Å². The predicted octanol–water partition coefficient (Wildman–Crippen LogP) is 1.64. The van der Waals surface area contributed by atoms with E-state index in [4.69, 9.17) is 0 Å². The topological polar surface area (TPSA) is 66.5 Å². The molecule has 6 nitrogen and oxygen atoms in total. The summed E-state index contributed by atoms with van der Waals surface area (Å²) >= 11 is 0. The number of carbonyl (C=O) groups is 1. The molecule has 134 valence electrons. The molecule has 0 bridgehead atoms. The number of quaternary nitrogens is 1. The van der Waals surface area contributed by atoms with Crippen LogP contribution in [0.15, 0.2) is 74.7 Å². The second kappa shape index (κ2) is 7.68. The number of hydrogen-bond acceptors (Lipinski definition) is 4. The van der Waals surface area contributed by atoms with E-state index in [9.17, 15) is 4.79 Å². The Bertz CT molecular complexity index is 926. The number of carbonyl (C=O) groups excluding carboxylic acids is 1. The molecule has 1 amide bonds. The van der Waals surface area contributed by atoms with Crippen molar-refractivity contribution in [1.29, 1.82) is 0 Å². The minimum Gasteiger partial charge on any atom is -1.00 e. The van der Waals surface area contributed by atoms with E-state index in [1.165, 1.54) is 0 Å². The summed E-state index contributed by atoms with van der Waals surface area (Å²) in [5.74, 6) is -0.468. The quantitative estimate of drug-likeness (QED) is 0.596. The minimum atomic E-state index is -0.468. The zero-order chi connectivity index (χ0) is 18.0. The van der Waals surface area contributed by atoms with Crippen molar-refractivity contribution in [2.45, 2.75) is 6.92 Å². The summed E-state index contributed by atoms with van der Waals surface area (Å²) < 4.78 is 0.671. The highest BCUT2D eigenvalue weighted by molar-refractivity contribution is 6.04. The Morgan fingerprint density at radius 3 is 2.35 bits per heavy atom. The van der Waals surface area contributed by atoms with Gasteiger partial charge >= 0.3 is 5.91 Å². The van der Waals surface area contributed by atoms with Gasteiger partial charge in [0.15, 0.2) is 5.70 Å². The average molecular weight is 370 g/mol. The zero-order valence-electron chi connectivity index (χ0n) is 15.1. The van der Waals surface area contributed by atoms with E-state index >= 15 is 0 Å². The van der Waals surface area contributed by atoms with Crippen LogP contribution >= 0.6 is 0 Å². The summed E-state index contributed by atoms with van der Waals surface area (Å²) in [6.07, 6.45) is 0. The second-order valence-corrected chi connectivity index (χ2v) is 6.75. The van der Waals surface area contributed by atoms with Crippen LogP contribution in [0.1, 0.15) is 11.1 Å². The Morgan fingerprint density at radius 2 is 1.65 bits per heavy atom. The Morgan fingerprint density at radius 1 is 0.923 bits per heavy atom. The van der Waals surface area contributed by atoms with E-state index in [1.807, 2.05) is 55.5 Å². The van der Waals surface area contributed by atoms with Crippen LogP contribution in [-0.2, 0) is 4.79 Å². The Hall–Kier alpha value is -2.70. The van der Waals surface area contributed by atoms with Crippen molar-refractivity contribution in [3.05, 3.63) is 65.4 Å². The van der Waals surface area contributed by atoms with Crippen LogP contribution in [0.3, 0.4) is 0 Å². The maximum Gasteiger partial charge on any atom is 0.318 e.